The van der Waals surface area contributed by atoms with Crippen LogP contribution in [0.25, 0.3) is 0 Å². The summed E-state index contributed by atoms with van der Waals surface area (Å²) >= 11 is 0. The average molecular weight is 357 g/mol. The number of nitrogens with one attached hydrogen (secondary N) is 1. The molecule has 4 atom stereocenters. The number of amides is 1. The number of carbonyl (C=O) groups is 1. The van der Waals surface area contributed by atoms with E-state index in [1.54, 1.807) is 30.3 Å². The van der Waals surface area contributed by atoms with E-state index < -0.39 is 29.8 Å². The van der Waals surface area contributed by atoms with Gasteiger partial charge in [0.15, 0.2) is 0 Å². The van der Waals surface area contributed by atoms with Crippen molar-refractivity contribution in [3.63, 3.8) is 0 Å². The van der Waals surface area contributed by atoms with Gasteiger partial charge >= 0.3 is 12.1 Å². The Morgan fingerprint density at radius 3 is 2.28 bits per heavy atom. The molecule has 0 radical (unpaired) electrons. The molecule has 1 aromatic rings. The highest BCUT2D eigenvalue weighted by Crippen LogP contribution is 2.35. The first-order chi connectivity index (χ1) is 11.5. The number of rotatable bonds is 8. The van der Waals surface area contributed by atoms with Crippen LogP contribution in [0, 0.1) is 5.92 Å². The van der Waals surface area contributed by atoms with Crippen molar-refractivity contribution in [2.45, 2.75) is 58.0 Å². The van der Waals surface area contributed by atoms with Crippen molar-refractivity contribution in [2.75, 3.05) is 0 Å². The van der Waals surface area contributed by atoms with Crippen molar-refractivity contribution in [3.05, 3.63) is 48.6 Å². The third-order valence-electron chi connectivity index (χ3n) is 4.61. The SMILES string of the molecule is C=C[C@H](C)[C@@](C)(CC)O[C@@H](c1ccccc1)[C@H](C)NC(=O)C(F)(F)F. The number of hydrogen-bond donors (Lipinski definition) is 1. The number of benzene rings is 1. The van der Waals surface area contributed by atoms with Crippen LogP contribution in [0.2, 0.25) is 0 Å². The van der Waals surface area contributed by atoms with Gasteiger partial charge in [0.05, 0.1) is 11.6 Å². The van der Waals surface area contributed by atoms with Gasteiger partial charge < -0.3 is 10.1 Å². The summed E-state index contributed by atoms with van der Waals surface area (Å²) < 4.78 is 44.0. The number of halogens is 3. The highest BCUT2D eigenvalue weighted by molar-refractivity contribution is 5.82. The van der Waals surface area contributed by atoms with Gasteiger partial charge in [-0.25, -0.2) is 0 Å². The first kappa shape index (κ1) is 21.2. The van der Waals surface area contributed by atoms with Crippen LogP contribution in [0.3, 0.4) is 0 Å². The predicted octanol–water partition coefficient (Wildman–Crippen LogP) is 4.80. The minimum Gasteiger partial charge on any atom is -0.365 e. The lowest BCUT2D eigenvalue weighted by Crippen LogP contribution is -2.47. The van der Waals surface area contributed by atoms with Gasteiger partial charge in [-0.05, 0) is 25.8 Å². The lowest BCUT2D eigenvalue weighted by Gasteiger charge is -2.39. The summed E-state index contributed by atoms with van der Waals surface area (Å²) in [5.41, 5.74) is 0.0767. The van der Waals surface area contributed by atoms with Crippen molar-refractivity contribution >= 4 is 5.91 Å². The summed E-state index contributed by atoms with van der Waals surface area (Å²) in [5, 5.41) is 2.01. The van der Waals surface area contributed by atoms with Crippen LogP contribution < -0.4 is 5.32 Å². The molecule has 0 heterocycles. The maximum absolute atomic E-state index is 12.6. The van der Waals surface area contributed by atoms with E-state index in [9.17, 15) is 18.0 Å². The topological polar surface area (TPSA) is 38.3 Å². The van der Waals surface area contributed by atoms with Crippen LogP contribution in [0.4, 0.5) is 13.2 Å². The van der Waals surface area contributed by atoms with Crippen molar-refractivity contribution < 1.29 is 22.7 Å². The Kier molecular flexibility index (Phi) is 7.23. The second kappa shape index (κ2) is 8.52. The molecule has 0 aliphatic carbocycles. The Morgan fingerprint density at radius 2 is 1.84 bits per heavy atom. The van der Waals surface area contributed by atoms with E-state index in [1.807, 2.05) is 32.2 Å². The molecular weight excluding hydrogens is 331 g/mol. The van der Waals surface area contributed by atoms with Gasteiger partial charge in [0.25, 0.3) is 0 Å². The van der Waals surface area contributed by atoms with E-state index in [4.69, 9.17) is 4.74 Å². The first-order valence-electron chi connectivity index (χ1n) is 8.28. The number of carbonyl (C=O) groups excluding carboxylic acids is 1. The monoisotopic (exact) mass is 357 g/mol. The van der Waals surface area contributed by atoms with Gasteiger partial charge in [-0.1, -0.05) is 50.3 Å². The zero-order valence-electron chi connectivity index (χ0n) is 15.1. The summed E-state index contributed by atoms with van der Waals surface area (Å²) in [5.74, 6) is -1.99. The van der Waals surface area contributed by atoms with E-state index in [1.165, 1.54) is 6.92 Å². The molecule has 0 aliphatic rings. The first-order valence-corrected chi connectivity index (χ1v) is 8.28. The summed E-state index contributed by atoms with van der Waals surface area (Å²) in [6.07, 6.45) is -3.26. The molecule has 1 aromatic carbocycles. The van der Waals surface area contributed by atoms with Crippen LogP contribution in [-0.4, -0.2) is 23.7 Å². The van der Waals surface area contributed by atoms with Crippen molar-refractivity contribution in [1.29, 1.82) is 0 Å². The van der Waals surface area contributed by atoms with Crippen molar-refractivity contribution in [2.24, 2.45) is 5.92 Å². The Labute approximate surface area is 147 Å². The Balaban J connectivity index is 3.13. The highest BCUT2D eigenvalue weighted by atomic mass is 19.4. The maximum Gasteiger partial charge on any atom is 0.471 e. The third kappa shape index (κ3) is 5.59. The molecule has 3 nitrogen and oxygen atoms in total. The Hall–Kier alpha value is -1.82. The molecule has 6 heteroatoms. The molecule has 0 saturated heterocycles. The van der Waals surface area contributed by atoms with Crippen LogP contribution in [0.5, 0.6) is 0 Å². The standard InChI is InChI=1S/C19H26F3NO2/c1-6-13(3)18(5,7-2)25-16(15-11-9-8-10-12-15)14(4)23-17(24)19(20,21)22/h6,8-14,16H,1,7H2,2-5H3,(H,23,24)/t13-,14-,16+,18+/m0/s1. The molecule has 140 valence electrons. The van der Waals surface area contributed by atoms with Crippen molar-refractivity contribution in [1.82, 2.24) is 5.32 Å². The molecule has 25 heavy (non-hydrogen) atoms. The Bertz CT molecular complexity index is 574. The fourth-order valence-corrected chi connectivity index (χ4v) is 2.52. The minimum atomic E-state index is -4.93. The summed E-state index contributed by atoms with van der Waals surface area (Å²) in [4.78, 5) is 11.3. The smallest absolute Gasteiger partial charge is 0.365 e. The van der Waals surface area contributed by atoms with E-state index in [0.29, 0.717) is 12.0 Å². The molecule has 0 bridgehead atoms. The largest absolute Gasteiger partial charge is 0.471 e. The van der Waals surface area contributed by atoms with E-state index in [2.05, 4.69) is 6.58 Å². The van der Waals surface area contributed by atoms with Gasteiger partial charge in [-0.15, -0.1) is 6.58 Å². The van der Waals surface area contributed by atoms with Gasteiger partial charge in [0, 0.05) is 5.92 Å². The van der Waals surface area contributed by atoms with E-state index in [-0.39, 0.29) is 5.92 Å². The summed E-state index contributed by atoms with van der Waals surface area (Å²) in [7, 11) is 0. The van der Waals surface area contributed by atoms with Gasteiger partial charge in [0.2, 0.25) is 0 Å². The predicted molar refractivity (Wildman–Crippen MR) is 92.0 cm³/mol. The quantitative estimate of drug-likeness (QED) is 0.679. The second-order valence-corrected chi connectivity index (χ2v) is 6.40. The highest BCUT2D eigenvalue weighted by Gasteiger charge is 2.41. The number of hydrogen-bond acceptors (Lipinski definition) is 2. The molecule has 0 unspecified atom stereocenters. The maximum atomic E-state index is 12.6. The van der Waals surface area contributed by atoms with Gasteiger partial charge in [-0.2, -0.15) is 13.2 Å². The van der Waals surface area contributed by atoms with E-state index in [0.717, 1.165) is 0 Å². The van der Waals surface area contributed by atoms with E-state index >= 15 is 0 Å². The van der Waals surface area contributed by atoms with Crippen molar-refractivity contribution in [3.8, 4) is 0 Å². The lowest BCUT2D eigenvalue weighted by molar-refractivity contribution is -0.177. The summed E-state index contributed by atoms with van der Waals surface area (Å²) in [6.45, 7) is 11.1. The molecule has 1 N–H and O–H groups in total. The van der Waals surface area contributed by atoms with Crippen LogP contribution in [0.15, 0.2) is 43.0 Å². The van der Waals surface area contributed by atoms with Crippen LogP contribution >= 0.6 is 0 Å². The van der Waals surface area contributed by atoms with Crippen LogP contribution in [-0.2, 0) is 9.53 Å². The number of alkyl halides is 3. The molecular formula is C19H26F3NO2. The van der Waals surface area contributed by atoms with Gasteiger partial charge in [-0.3, -0.25) is 4.79 Å². The molecule has 0 saturated carbocycles. The number of ether oxygens (including phenoxy) is 1. The van der Waals surface area contributed by atoms with Gasteiger partial charge in [0.1, 0.15) is 6.10 Å². The third-order valence-corrected chi connectivity index (χ3v) is 4.61. The average Bonchev–Trinajstić information content (AvgIpc) is 2.58. The molecule has 0 fully saturated rings. The molecule has 1 amide bonds. The Morgan fingerprint density at radius 1 is 1.28 bits per heavy atom. The molecule has 0 aliphatic heterocycles. The molecule has 0 spiro atoms. The fraction of sp³-hybridized carbons (Fsp3) is 0.526. The molecule has 1 rings (SSSR count). The molecule has 0 aromatic heterocycles. The lowest BCUT2D eigenvalue weighted by atomic mass is 9.87. The van der Waals surface area contributed by atoms with Crippen LogP contribution in [0.1, 0.15) is 45.8 Å². The fourth-order valence-electron chi connectivity index (χ4n) is 2.52. The zero-order chi connectivity index (χ0) is 19.3. The minimum absolute atomic E-state index is 0.0192. The normalized spacial score (nSPS) is 17.9. The zero-order valence-corrected chi connectivity index (χ0v) is 15.1. The summed E-state index contributed by atoms with van der Waals surface area (Å²) in [6, 6.07) is 8.06. The second-order valence-electron chi connectivity index (χ2n) is 6.40.